The molecule has 0 aromatic carbocycles. The second kappa shape index (κ2) is 7.17. The fraction of sp³-hybridized carbons (Fsp3) is 0.588. The second-order valence-corrected chi connectivity index (χ2v) is 6.58. The van der Waals surface area contributed by atoms with Gasteiger partial charge in [-0.1, -0.05) is 0 Å². The van der Waals surface area contributed by atoms with Crippen LogP contribution < -0.4 is 0 Å². The number of carbonyl (C=O) groups excluding carboxylic acids is 1. The zero-order chi connectivity index (χ0) is 17.1. The molecular weight excluding hydrogens is 304 g/mol. The van der Waals surface area contributed by atoms with Crippen LogP contribution >= 0.6 is 0 Å². The summed E-state index contributed by atoms with van der Waals surface area (Å²) in [7, 11) is 1.93. The Labute approximate surface area is 142 Å². The molecule has 0 spiro atoms. The summed E-state index contributed by atoms with van der Waals surface area (Å²) in [5, 5.41) is 8.62. The number of amides is 1. The molecule has 7 heteroatoms. The van der Waals surface area contributed by atoms with Crippen molar-refractivity contribution in [1.82, 2.24) is 29.4 Å². The van der Waals surface area contributed by atoms with E-state index >= 15 is 0 Å². The molecule has 3 rings (SSSR count). The van der Waals surface area contributed by atoms with Crippen molar-refractivity contribution in [1.29, 1.82) is 0 Å². The average Bonchev–Trinajstić information content (AvgIpc) is 3.10. The number of hydrogen-bond acceptors (Lipinski definition) is 4. The van der Waals surface area contributed by atoms with Gasteiger partial charge in [0.05, 0.1) is 11.9 Å². The zero-order valence-corrected chi connectivity index (χ0v) is 14.8. The molecule has 3 heterocycles. The molecule has 7 nitrogen and oxygen atoms in total. The maximum Gasteiger partial charge on any atom is 0.224 e. The van der Waals surface area contributed by atoms with Crippen LogP contribution in [0.4, 0.5) is 0 Å². The maximum absolute atomic E-state index is 12.4. The zero-order valence-electron chi connectivity index (χ0n) is 14.8. The molecule has 0 unspecified atom stereocenters. The number of hydrogen-bond donors (Lipinski definition) is 0. The molecule has 1 fully saturated rings. The minimum absolute atomic E-state index is 0.226. The SMILES string of the molecule is Cc1cc(C)n(CCC(=O)N2CCN(Cc3cnn(C)c3)CC2)n1. The van der Waals surface area contributed by atoms with E-state index in [9.17, 15) is 4.79 Å². The van der Waals surface area contributed by atoms with E-state index in [-0.39, 0.29) is 5.91 Å². The predicted octanol–water partition coefficient (Wildman–Crippen LogP) is 0.968. The highest BCUT2D eigenvalue weighted by Gasteiger charge is 2.21. The van der Waals surface area contributed by atoms with Crippen LogP contribution in [0.1, 0.15) is 23.4 Å². The van der Waals surface area contributed by atoms with Gasteiger partial charge in [-0.3, -0.25) is 19.1 Å². The Kier molecular flexibility index (Phi) is 4.99. The van der Waals surface area contributed by atoms with Crippen LogP contribution in [0.5, 0.6) is 0 Å². The molecule has 1 amide bonds. The van der Waals surface area contributed by atoms with Gasteiger partial charge in [0.15, 0.2) is 0 Å². The lowest BCUT2D eigenvalue weighted by Gasteiger charge is -2.34. The van der Waals surface area contributed by atoms with Crippen molar-refractivity contribution < 1.29 is 4.79 Å². The molecule has 1 saturated heterocycles. The van der Waals surface area contributed by atoms with Crippen LogP contribution in [-0.4, -0.2) is 61.4 Å². The van der Waals surface area contributed by atoms with Crippen molar-refractivity contribution in [3.05, 3.63) is 35.4 Å². The van der Waals surface area contributed by atoms with Crippen LogP contribution in [0.3, 0.4) is 0 Å². The Hall–Kier alpha value is -2.15. The Bertz CT molecular complexity index is 696. The molecule has 1 aliphatic rings. The van der Waals surface area contributed by atoms with E-state index in [1.165, 1.54) is 5.56 Å². The van der Waals surface area contributed by atoms with Gasteiger partial charge in [-0.25, -0.2) is 0 Å². The first-order chi connectivity index (χ1) is 11.5. The molecule has 2 aromatic rings. The summed E-state index contributed by atoms with van der Waals surface area (Å²) in [5.41, 5.74) is 3.34. The third kappa shape index (κ3) is 4.03. The van der Waals surface area contributed by atoms with Gasteiger partial charge in [-0.15, -0.1) is 0 Å². The molecule has 1 aliphatic heterocycles. The highest BCUT2D eigenvalue weighted by Crippen LogP contribution is 2.10. The first-order valence-electron chi connectivity index (χ1n) is 8.50. The number of nitrogens with zero attached hydrogens (tertiary/aromatic N) is 6. The smallest absolute Gasteiger partial charge is 0.224 e. The first kappa shape index (κ1) is 16.7. The highest BCUT2D eigenvalue weighted by molar-refractivity contribution is 5.76. The summed E-state index contributed by atoms with van der Waals surface area (Å²) in [4.78, 5) is 16.8. The van der Waals surface area contributed by atoms with Crippen molar-refractivity contribution in [2.24, 2.45) is 7.05 Å². The largest absolute Gasteiger partial charge is 0.340 e. The fourth-order valence-corrected chi connectivity index (χ4v) is 3.23. The summed E-state index contributed by atoms with van der Waals surface area (Å²) in [6, 6.07) is 2.04. The van der Waals surface area contributed by atoms with E-state index in [1.807, 2.05) is 53.6 Å². The topological polar surface area (TPSA) is 59.2 Å². The lowest BCUT2D eigenvalue weighted by molar-refractivity contribution is -0.133. The van der Waals surface area contributed by atoms with Gasteiger partial charge in [0.1, 0.15) is 0 Å². The standard InChI is InChI=1S/C17H26N6O/c1-14-10-15(2)23(19-14)5-4-17(24)22-8-6-21(7-9-22)13-16-11-18-20(3)12-16/h10-12H,4-9,13H2,1-3H3. The van der Waals surface area contributed by atoms with Gasteiger partial charge in [0.2, 0.25) is 5.91 Å². The third-order valence-electron chi connectivity index (χ3n) is 4.53. The molecule has 0 aliphatic carbocycles. The molecule has 130 valence electrons. The van der Waals surface area contributed by atoms with E-state index in [1.54, 1.807) is 0 Å². The molecule has 0 bridgehead atoms. The van der Waals surface area contributed by atoms with Gasteiger partial charge < -0.3 is 4.90 Å². The molecule has 2 aromatic heterocycles. The van der Waals surface area contributed by atoms with Gasteiger partial charge in [-0.2, -0.15) is 10.2 Å². The Morgan fingerprint density at radius 3 is 2.54 bits per heavy atom. The monoisotopic (exact) mass is 330 g/mol. The van der Waals surface area contributed by atoms with E-state index < -0.39 is 0 Å². The summed E-state index contributed by atoms with van der Waals surface area (Å²) < 4.78 is 3.75. The fourth-order valence-electron chi connectivity index (χ4n) is 3.23. The molecule has 0 saturated carbocycles. The molecule has 0 N–H and O–H groups in total. The lowest BCUT2D eigenvalue weighted by Crippen LogP contribution is -2.48. The second-order valence-electron chi connectivity index (χ2n) is 6.58. The van der Waals surface area contributed by atoms with E-state index in [2.05, 4.69) is 15.1 Å². The maximum atomic E-state index is 12.4. The normalized spacial score (nSPS) is 15.9. The van der Waals surface area contributed by atoms with Gasteiger partial charge in [0.25, 0.3) is 0 Å². The molecule has 0 atom stereocenters. The summed E-state index contributed by atoms with van der Waals surface area (Å²) >= 11 is 0. The van der Waals surface area contributed by atoms with Crippen LogP contribution in [-0.2, 0) is 24.9 Å². The van der Waals surface area contributed by atoms with Gasteiger partial charge in [-0.05, 0) is 19.9 Å². The van der Waals surface area contributed by atoms with Gasteiger partial charge in [0, 0.05) is 70.2 Å². The van der Waals surface area contributed by atoms with Crippen LogP contribution in [0, 0.1) is 13.8 Å². The number of aromatic nitrogens is 4. The summed E-state index contributed by atoms with van der Waals surface area (Å²) in [6.45, 7) is 9.01. The number of carbonyl (C=O) groups is 1. The predicted molar refractivity (Wildman–Crippen MR) is 91.4 cm³/mol. The number of piperazine rings is 1. The van der Waals surface area contributed by atoms with Crippen LogP contribution in [0.25, 0.3) is 0 Å². The number of aryl methyl sites for hydroxylation is 4. The summed E-state index contributed by atoms with van der Waals surface area (Å²) in [6.07, 6.45) is 4.47. The highest BCUT2D eigenvalue weighted by atomic mass is 16.2. The van der Waals surface area contributed by atoms with E-state index in [0.29, 0.717) is 13.0 Å². The minimum atomic E-state index is 0.226. The van der Waals surface area contributed by atoms with Crippen molar-refractivity contribution in [3.8, 4) is 0 Å². The average molecular weight is 330 g/mol. The van der Waals surface area contributed by atoms with Crippen molar-refractivity contribution in [3.63, 3.8) is 0 Å². The van der Waals surface area contributed by atoms with Crippen molar-refractivity contribution >= 4 is 5.91 Å². The van der Waals surface area contributed by atoms with Crippen LogP contribution in [0.2, 0.25) is 0 Å². The first-order valence-corrected chi connectivity index (χ1v) is 8.50. The molecule has 0 radical (unpaired) electrons. The number of rotatable bonds is 5. The third-order valence-corrected chi connectivity index (χ3v) is 4.53. The molecular formula is C17H26N6O. The minimum Gasteiger partial charge on any atom is -0.340 e. The lowest BCUT2D eigenvalue weighted by atomic mass is 10.2. The van der Waals surface area contributed by atoms with Crippen LogP contribution in [0.15, 0.2) is 18.5 Å². The quantitative estimate of drug-likeness (QED) is 0.820. The van der Waals surface area contributed by atoms with E-state index in [4.69, 9.17) is 0 Å². The Morgan fingerprint density at radius 2 is 1.96 bits per heavy atom. The van der Waals surface area contributed by atoms with Crippen molar-refractivity contribution in [2.75, 3.05) is 26.2 Å². The van der Waals surface area contributed by atoms with Gasteiger partial charge >= 0.3 is 0 Å². The Balaban J connectivity index is 1.44. The Morgan fingerprint density at radius 1 is 1.21 bits per heavy atom. The molecule has 24 heavy (non-hydrogen) atoms. The van der Waals surface area contributed by atoms with Crippen molar-refractivity contribution in [2.45, 2.75) is 33.4 Å². The summed E-state index contributed by atoms with van der Waals surface area (Å²) in [5.74, 6) is 0.226. The van der Waals surface area contributed by atoms with E-state index in [0.717, 1.165) is 44.1 Å².